The van der Waals surface area contributed by atoms with Crippen molar-refractivity contribution in [2.45, 2.75) is 18.2 Å². The largest absolute Gasteiger partial charge is 0.352 e. The van der Waals surface area contributed by atoms with Crippen LogP contribution in [-0.4, -0.2) is 50.6 Å². The summed E-state index contributed by atoms with van der Waals surface area (Å²) in [5, 5.41) is 3.07. The van der Waals surface area contributed by atoms with Crippen LogP contribution in [-0.2, 0) is 19.6 Å². The van der Waals surface area contributed by atoms with Crippen LogP contribution >= 0.6 is 11.6 Å². The van der Waals surface area contributed by atoms with Crippen molar-refractivity contribution in [2.75, 3.05) is 20.1 Å². The Morgan fingerprint density at radius 1 is 0.935 bits per heavy atom. The van der Waals surface area contributed by atoms with Gasteiger partial charge in [-0.3, -0.25) is 25.2 Å². The van der Waals surface area contributed by atoms with Crippen LogP contribution in [0, 0.1) is 6.92 Å². The van der Waals surface area contributed by atoms with Crippen LogP contribution in [0.25, 0.3) is 0 Å². The summed E-state index contributed by atoms with van der Waals surface area (Å²) in [7, 11) is -2.57. The summed E-state index contributed by atoms with van der Waals surface area (Å²) in [6, 6.07) is 12.5. The predicted octanol–water partition coefficient (Wildman–Crippen LogP) is 1.24. The third-order valence-electron chi connectivity index (χ3n) is 4.18. The number of rotatable bonds is 8. The number of aryl methyl sites for hydroxylation is 1. The van der Waals surface area contributed by atoms with Crippen molar-refractivity contribution in [2.24, 2.45) is 0 Å². The fraction of sp³-hybridized carbons (Fsp3) is 0.250. The number of nitrogens with zero attached hydrogens (tertiary/aromatic N) is 1. The number of hydrogen-bond acceptors (Lipinski definition) is 5. The maximum absolute atomic E-state index is 12.5. The molecule has 0 bridgehead atoms. The lowest BCUT2D eigenvalue weighted by atomic mass is 10.2. The van der Waals surface area contributed by atoms with E-state index in [1.807, 2.05) is 6.92 Å². The van der Waals surface area contributed by atoms with Crippen molar-refractivity contribution in [3.8, 4) is 0 Å². The average molecular weight is 467 g/mol. The molecule has 0 unspecified atom stereocenters. The molecule has 31 heavy (non-hydrogen) atoms. The molecule has 0 spiro atoms. The lowest BCUT2D eigenvalue weighted by Crippen LogP contribution is -2.47. The first-order valence-electron chi connectivity index (χ1n) is 9.24. The molecule has 3 amide bonds. The van der Waals surface area contributed by atoms with Gasteiger partial charge in [0.05, 0.1) is 11.4 Å². The lowest BCUT2D eigenvalue weighted by Gasteiger charge is -2.17. The predicted molar refractivity (Wildman–Crippen MR) is 116 cm³/mol. The minimum Gasteiger partial charge on any atom is -0.352 e. The van der Waals surface area contributed by atoms with Crippen molar-refractivity contribution in [1.29, 1.82) is 0 Å². The molecule has 3 N–H and O–H groups in total. The molecular formula is C20H23ClN4O5S. The second-order valence-corrected chi connectivity index (χ2v) is 9.16. The first kappa shape index (κ1) is 24.3. The van der Waals surface area contributed by atoms with Crippen LogP contribution in [0.1, 0.15) is 22.3 Å². The highest BCUT2D eigenvalue weighted by Gasteiger charge is 2.23. The third-order valence-corrected chi connectivity index (χ3v) is 6.25. The van der Waals surface area contributed by atoms with Gasteiger partial charge in [-0.05, 0) is 43.3 Å². The van der Waals surface area contributed by atoms with Gasteiger partial charge in [0.1, 0.15) is 0 Å². The van der Waals surface area contributed by atoms with E-state index in [1.165, 1.54) is 19.2 Å². The standard InChI is InChI=1S/C20H23ClN4O5S/c1-14-3-9-17(10-4-14)31(29,30)25(2)13-19(27)24-23-18(26)11-12-22-20(28)15-5-7-16(21)8-6-15/h3-10H,11-13H2,1-2H3,(H,22,28)(H,23,26)(H,24,27). The van der Waals surface area contributed by atoms with Crippen LogP contribution in [0.5, 0.6) is 0 Å². The molecule has 2 rings (SSSR count). The molecule has 0 heterocycles. The van der Waals surface area contributed by atoms with Gasteiger partial charge in [0, 0.05) is 30.6 Å². The topological polar surface area (TPSA) is 125 Å². The van der Waals surface area contributed by atoms with Gasteiger partial charge in [-0.2, -0.15) is 4.31 Å². The molecule has 0 saturated heterocycles. The molecule has 2 aromatic rings. The van der Waals surface area contributed by atoms with Crippen molar-refractivity contribution < 1.29 is 22.8 Å². The number of halogens is 1. The minimum atomic E-state index is -3.84. The van der Waals surface area contributed by atoms with Crippen molar-refractivity contribution in [3.05, 3.63) is 64.7 Å². The molecule has 0 aliphatic heterocycles. The average Bonchev–Trinajstić information content (AvgIpc) is 2.73. The molecule has 166 valence electrons. The Labute approximate surface area is 185 Å². The fourth-order valence-corrected chi connectivity index (χ4v) is 3.66. The van der Waals surface area contributed by atoms with Gasteiger partial charge in [0.25, 0.3) is 11.8 Å². The quantitative estimate of drug-likeness (QED) is 0.505. The summed E-state index contributed by atoms with van der Waals surface area (Å²) in [6.07, 6.45) is -0.0862. The monoisotopic (exact) mass is 466 g/mol. The van der Waals surface area contributed by atoms with E-state index in [2.05, 4.69) is 16.2 Å². The Kier molecular flexibility index (Phi) is 8.55. The van der Waals surface area contributed by atoms with E-state index in [1.54, 1.807) is 36.4 Å². The maximum Gasteiger partial charge on any atom is 0.253 e. The number of benzene rings is 2. The molecule has 11 heteroatoms. The van der Waals surface area contributed by atoms with Gasteiger partial charge >= 0.3 is 0 Å². The number of hydrogen-bond donors (Lipinski definition) is 3. The third kappa shape index (κ3) is 7.35. The Balaban J connectivity index is 1.73. The second-order valence-electron chi connectivity index (χ2n) is 6.68. The lowest BCUT2D eigenvalue weighted by molar-refractivity contribution is -0.128. The summed E-state index contributed by atoms with van der Waals surface area (Å²) in [5.74, 6) is -1.62. The Morgan fingerprint density at radius 2 is 1.52 bits per heavy atom. The van der Waals surface area contributed by atoms with Crippen LogP contribution in [0.2, 0.25) is 5.02 Å². The van der Waals surface area contributed by atoms with Crippen LogP contribution in [0.4, 0.5) is 0 Å². The van der Waals surface area contributed by atoms with E-state index in [-0.39, 0.29) is 23.8 Å². The molecule has 0 aliphatic rings. The zero-order valence-electron chi connectivity index (χ0n) is 17.0. The van der Waals surface area contributed by atoms with Gasteiger partial charge in [-0.1, -0.05) is 29.3 Å². The summed E-state index contributed by atoms with van der Waals surface area (Å²) in [6.45, 7) is 1.40. The minimum absolute atomic E-state index is 0.0465. The second kappa shape index (κ2) is 10.9. The molecule has 0 aliphatic carbocycles. The van der Waals surface area contributed by atoms with Gasteiger partial charge in [0.2, 0.25) is 15.9 Å². The first-order valence-corrected chi connectivity index (χ1v) is 11.1. The molecular weight excluding hydrogens is 444 g/mol. The summed E-state index contributed by atoms with van der Waals surface area (Å²) in [4.78, 5) is 35.8. The molecule has 0 aromatic heterocycles. The zero-order valence-corrected chi connectivity index (χ0v) is 18.6. The van der Waals surface area contributed by atoms with E-state index < -0.39 is 28.4 Å². The first-order chi connectivity index (χ1) is 14.6. The molecule has 2 aromatic carbocycles. The van der Waals surface area contributed by atoms with E-state index in [4.69, 9.17) is 11.6 Å². The molecule has 9 nitrogen and oxygen atoms in total. The van der Waals surface area contributed by atoms with Crippen molar-refractivity contribution in [3.63, 3.8) is 0 Å². The number of sulfonamides is 1. The fourth-order valence-electron chi connectivity index (χ4n) is 2.41. The number of carbonyl (C=O) groups excluding carboxylic acids is 3. The molecule has 0 radical (unpaired) electrons. The van der Waals surface area contributed by atoms with Gasteiger partial charge in [-0.15, -0.1) is 0 Å². The molecule has 0 fully saturated rings. The van der Waals surface area contributed by atoms with E-state index >= 15 is 0 Å². The smallest absolute Gasteiger partial charge is 0.253 e. The van der Waals surface area contributed by atoms with Gasteiger partial charge in [0.15, 0.2) is 0 Å². The van der Waals surface area contributed by atoms with Crippen LogP contribution in [0.15, 0.2) is 53.4 Å². The SMILES string of the molecule is Cc1ccc(S(=O)(=O)N(C)CC(=O)NNC(=O)CCNC(=O)c2ccc(Cl)cc2)cc1. The van der Waals surface area contributed by atoms with Gasteiger partial charge in [-0.25, -0.2) is 8.42 Å². The van der Waals surface area contributed by atoms with Crippen molar-refractivity contribution in [1.82, 2.24) is 20.5 Å². The van der Waals surface area contributed by atoms with Crippen molar-refractivity contribution >= 4 is 39.3 Å². The Bertz CT molecular complexity index is 1040. The molecule has 0 saturated carbocycles. The van der Waals surface area contributed by atoms with Gasteiger partial charge < -0.3 is 5.32 Å². The number of nitrogens with one attached hydrogen (secondary N) is 3. The highest BCUT2D eigenvalue weighted by molar-refractivity contribution is 7.89. The number of amides is 3. The van der Waals surface area contributed by atoms with Crippen LogP contribution < -0.4 is 16.2 Å². The zero-order chi connectivity index (χ0) is 23.0. The van der Waals surface area contributed by atoms with E-state index in [9.17, 15) is 22.8 Å². The number of carbonyl (C=O) groups is 3. The van der Waals surface area contributed by atoms with Crippen LogP contribution in [0.3, 0.4) is 0 Å². The highest BCUT2D eigenvalue weighted by atomic mass is 35.5. The number of likely N-dealkylation sites (N-methyl/N-ethyl adjacent to an activating group) is 1. The van der Waals surface area contributed by atoms with E-state index in [0.29, 0.717) is 10.6 Å². The summed E-state index contributed by atoms with van der Waals surface area (Å²) < 4.78 is 25.8. The maximum atomic E-state index is 12.5. The highest BCUT2D eigenvalue weighted by Crippen LogP contribution is 2.14. The molecule has 0 atom stereocenters. The summed E-state index contributed by atoms with van der Waals surface area (Å²) >= 11 is 5.76. The van der Waals surface area contributed by atoms with E-state index in [0.717, 1.165) is 9.87 Å². The normalized spacial score (nSPS) is 11.1. The summed E-state index contributed by atoms with van der Waals surface area (Å²) in [5.41, 5.74) is 5.64. The number of hydrazine groups is 1. The Hall–Kier alpha value is -2.95. The Morgan fingerprint density at radius 3 is 2.13 bits per heavy atom.